The van der Waals surface area contributed by atoms with E-state index in [0.717, 1.165) is 24.8 Å². The molecule has 19 heavy (non-hydrogen) atoms. The summed E-state index contributed by atoms with van der Waals surface area (Å²) in [6.45, 7) is 4.83. The number of nitrogens with two attached hydrogens (primary N) is 1. The highest BCUT2D eigenvalue weighted by atomic mass is 16.1. The molecule has 4 nitrogen and oxygen atoms in total. The molecule has 0 aliphatic carbocycles. The standard InChI is InChI=1S/C15H25N3O/c1-3-13(8-9-16)6-7-15(19)18-12(2)14-5-4-10-17-11-14/h4-5,10-13H,3,6-9,16H2,1-2H3,(H,18,19)/t12-,13?/m1/s1. The summed E-state index contributed by atoms with van der Waals surface area (Å²) in [4.78, 5) is 15.9. The first-order valence-electron chi connectivity index (χ1n) is 7.06. The molecule has 1 rings (SSSR count). The van der Waals surface area contributed by atoms with E-state index in [9.17, 15) is 4.79 Å². The maximum atomic E-state index is 11.9. The zero-order chi connectivity index (χ0) is 14.1. The maximum Gasteiger partial charge on any atom is 0.220 e. The molecule has 1 aromatic rings. The summed E-state index contributed by atoms with van der Waals surface area (Å²) in [5.41, 5.74) is 6.59. The van der Waals surface area contributed by atoms with Crippen molar-refractivity contribution in [1.82, 2.24) is 10.3 Å². The van der Waals surface area contributed by atoms with E-state index in [4.69, 9.17) is 5.73 Å². The molecule has 0 aliphatic heterocycles. The van der Waals surface area contributed by atoms with E-state index in [-0.39, 0.29) is 11.9 Å². The monoisotopic (exact) mass is 263 g/mol. The van der Waals surface area contributed by atoms with Crippen molar-refractivity contribution in [3.63, 3.8) is 0 Å². The Balaban J connectivity index is 2.35. The van der Waals surface area contributed by atoms with Crippen LogP contribution in [0.2, 0.25) is 0 Å². The number of pyridine rings is 1. The summed E-state index contributed by atoms with van der Waals surface area (Å²) in [5.74, 6) is 0.663. The molecule has 3 N–H and O–H groups in total. The highest BCUT2D eigenvalue weighted by Gasteiger charge is 2.12. The van der Waals surface area contributed by atoms with Crippen LogP contribution >= 0.6 is 0 Å². The molecule has 106 valence electrons. The van der Waals surface area contributed by atoms with Gasteiger partial charge in [0.1, 0.15) is 0 Å². The van der Waals surface area contributed by atoms with Crippen LogP contribution in [0.4, 0.5) is 0 Å². The molecule has 0 fully saturated rings. The van der Waals surface area contributed by atoms with Crippen LogP contribution in [-0.4, -0.2) is 17.4 Å². The van der Waals surface area contributed by atoms with E-state index < -0.39 is 0 Å². The second-order valence-electron chi connectivity index (χ2n) is 4.97. The van der Waals surface area contributed by atoms with E-state index in [0.29, 0.717) is 18.9 Å². The number of carbonyl (C=O) groups is 1. The molecular weight excluding hydrogens is 238 g/mol. The third-order valence-electron chi connectivity index (χ3n) is 3.49. The molecule has 0 bridgehead atoms. The third kappa shape index (κ3) is 5.83. The van der Waals surface area contributed by atoms with Gasteiger partial charge in [-0.25, -0.2) is 0 Å². The SMILES string of the molecule is CCC(CCN)CCC(=O)N[C@H](C)c1cccnc1. The lowest BCUT2D eigenvalue weighted by Gasteiger charge is -2.16. The average molecular weight is 263 g/mol. The molecular formula is C15H25N3O. The van der Waals surface area contributed by atoms with Crippen molar-refractivity contribution >= 4 is 5.91 Å². The third-order valence-corrected chi connectivity index (χ3v) is 3.49. The quantitative estimate of drug-likeness (QED) is 0.757. The molecule has 1 aromatic heterocycles. The molecule has 0 saturated carbocycles. The predicted octanol–water partition coefficient (Wildman–Crippen LogP) is 2.41. The lowest BCUT2D eigenvalue weighted by Crippen LogP contribution is -2.27. The Morgan fingerprint density at radius 2 is 2.26 bits per heavy atom. The number of aromatic nitrogens is 1. The number of nitrogens with one attached hydrogen (secondary N) is 1. The first kappa shape index (κ1) is 15.6. The number of hydrogen-bond acceptors (Lipinski definition) is 3. The van der Waals surface area contributed by atoms with Crippen molar-refractivity contribution in [2.75, 3.05) is 6.54 Å². The molecule has 0 aliphatic rings. The van der Waals surface area contributed by atoms with Crippen LogP contribution in [-0.2, 0) is 4.79 Å². The summed E-state index contributed by atoms with van der Waals surface area (Å²) in [7, 11) is 0. The van der Waals surface area contributed by atoms with Crippen LogP contribution in [0, 0.1) is 5.92 Å². The van der Waals surface area contributed by atoms with Gasteiger partial charge in [0.05, 0.1) is 6.04 Å². The van der Waals surface area contributed by atoms with Gasteiger partial charge in [0.25, 0.3) is 0 Å². The molecule has 1 unspecified atom stereocenters. The number of amides is 1. The van der Waals surface area contributed by atoms with Gasteiger partial charge >= 0.3 is 0 Å². The van der Waals surface area contributed by atoms with E-state index in [1.807, 2.05) is 19.1 Å². The fraction of sp³-hybridized carbons (Fsp3) is 0.600. The Morgan fingerprint density at radius 1 is 1.47 bits per heavy atom. The number of rotatable bonds is 8. The normalized spacial score (nSPS) is 13.8. The Bertz CT molecular complexity index is 367. The minimum atomic E-state index is 0.00999. The predicted molar refractivity (Wildman–Crippen MR) is 77.5 cm³/mol. The number of hydrogen-bond donors (Lipinski definition) is 2. The van der Waals surface area contributed by atoms with Crippen LogP contribution in [0.1, 0.15) is 51.1 Å². The van der Waals surface area contributed by atoms with Gasteiger partial charge in [0.15, 0.2) is 0 Å². The van der Waals surface area contributed by atoms with Crippen molar-refractivity contribution in [2.24, 2.45) is 11.7 Å². The second kappa shape index (κ2) is 8.64. The van der Waals surface area contributed by atoms with Gasteiger partial charge in [-0.2, -0.15) is 0 Å². The zero-order valence-electron chi connectivity index (χ0n) is 11.9. The highest BCUT2D eigenvalue weighted by Crippen LogP contribution is 2.15. The molecule has 0 radical (unpaired) electrons. The van der Waals surface area contributed by atoms with Crippen molar-refractivity contribution < 1.29 is 4.79 Å². The lowest BCUT2D eigenvalue weighted by atomic mass is 9.96. The van der Waals surface area contributed by atoms with E-state index >= 15 is 0 Å². The molecule has 1 heterocycles. The van der Waals surface area contributed by atoms with Gasteiger partial charge in [0.2, 0.25) is 5.91 Å². The minimum absolute atomic E-state index is 0.00999. The van der Waals surface area contributed by atoms with Gasteiger partial charge in [-0.05, 0) is 43.9 Å². The molecule has 0 spiro atoms. The average Bonchev–Trinajstić information content (AvgIpc) is 2.44. The Kier molecular flexibility index (Phi) is 7.11. The van der Waals surface area contributed by atoms with Crippen molar-refractivity contribution in [1.29, 1.82) is 0 Å². The summed E-state index contributed by atoms with van der Waals surface area (Å²) in [6.07, 6.45) is 7.10. The fourth-order valence-electron chi connectivity index (χ4n) is 2.15. The first-order valence-corrected chi connectivity index (χ1v) is 7.06. The van der Waals surface area contributed by atoms with Crippen molar-refractivity contribution in [3.8, 4) is 0 Å². The van der Waals surface area contributed by atoms with Crippen LogP contribution < -0.4 is 11.1 Å². The molecule has 0 aromatic carbocycles. The van der Waals surface area contributed by atoms with Gasteiger partial charge in [0, 0.05) is 18.8 Å². The van der Waals surface area contributed by atoms with E-state index in [1.54, 1.807) is 12.4 Å². The highest BCUT2D eigenvalue weighted by molar-refractivity contribution is 5.76. The van der Waals surface area contributed by atoms with Crippen LogP contribution in [0.25, 0.3) is 0 Å². The summed E-state index contributed by atoms with van der Waals surface area (Å²) < 4.78 is 0. The van der Waals surface area contributed by atoms with Gasteiger partial charge in [-0.15, -0.1) is 0 Å². The smallest absolute Gasteiger partial charge is 0.220 e. The maximum absolute atomic E-state index is 11.9. The second-order valence-corrected chi connectivity index (χ2v) is 4.97. The molecule has 4 heteroatoms. The Morgan fingerprint density at radius 3 is 2.84 bits per heavy atom. The van der Waals surface area contributed by atoms with Crippen LogP contribution in [0.3, 0.4) is 0 Å². The van der Waals surface area contributed by atoms with E-state index in [1.165, 1.54) is 0 Å². The molecule has 1 amide bonds. The summed E-state index contributed by atoms with van der Waals surface area (Å²) in [6, 6.07) is 3.86. The Labute approximate surface area is 115 Å². The minimum Gasteiger partial charge on any atom is -0.350 e. The van der Waals surface area contributed by atoms with Crippen LogP contribution in [0.5, 0.6) is 0 Å². The largest absolute Gasteiger partial charge is 0.350 e. The zero-order valence-corrected chi connectivity index (χ0v) is 11.9. The summed E-state index contributed by atoms with van der Waals surface area (Å²) in [5, 5.41) is 3.01. The fourth-order valence-corrected chi connectivity index (χ4v) is 2.15. The van der Waals surface area contributed by atoms with E-state index in [2.05, 4.69) is 17.2 Å². The molecule has 0 saturated heterocycles. The Hall–Kier alpha value is -1.42. The lowest BCUT2D eigenvalue weighted by molar-refractivity contribution is -0.122. The van der Waals surface area contributed by atoms with Gasteiger partial charge in [-0.1, -0.05) is 19.4 Å². The van der Waals surface area contributed by atoms with Crippen LogP contribution in [0.15, 0.2) is 24.5 Å². The first-order chi connectivity index (χ1) is 9.17. The number of carbonyl (C=O) groups excluding carboxylic acids is 1. The van der Waals surface area contributed by atoms with Crippen molar-refractivity contribution in [3.05, 3.63) is 30.1 Å². The number of nitrogens with zero attached hydrogens (tertiary/aromatic N) is 1. The summed E-state index contributed by atoms with van der Waals surface area (Å²) >= 11 is 0. The van der Waals surface area contributed by atoms with Gasteiger partial charge in [-0.3, -0.25) is 9.78 Å². The molecule has 2 atom stereocenters. The van der Waals surface area contributed by atoms with Gasteiger partial charge < -0.3 is 11.1 Å². The van der Waals surface area contributed by atoms with Crippen molar-refractivity contribution in [2.45, 2.75) is 45.6 Å². The topological polar surface area (TPSA) is 68.0 Å².